The number of hydrogen-bond donors (Lipinski definition) is 1. The number of hydrogen-bond acceptors (Lipinski definition) is 6. The molecule has 0 atom stereocenters. The zero-order valence-corrected chi connectivity index (χ0v) is 9.14. The van der Waals surface area contributed by atoms with Crippen LogP contribution in [-0.4, -0.2) is 22.8 Å². The molecule has 0 amide bonds. The summed E-state index contributed by atoms with van der Waals surface area (Å²) in [6.07, 6.45) is -4.42. The number of aldehydes is 1. The minimum Gasteiger partial charge on any atom is -0.406 e. The first kappa shape index (κ1) is 12.9. The Hall–Kier alpha value is -2.58. The van der Waals surface area contributed by atoms with Crippen LogP contribution in [0.2, 0.25) is 0 Å². The number of halogens is 3. The number of benzene rings is 1. The number of alkyl halides is 3. The molecule has 0 aliphatic rings. The van der Waals surface area contributed by atoms with E-state index in [0.29, 0.717) is 6.29 Å². The van der Waals surface area contributed by atoms with Gasteiger partial charge in [-0.05, 0) is 12.1 Å². The Kier molecular flexibility index (Phi) is 3.36. The molecule has 100 valence electrons. The SMILES string of the molecule is O=Cc1nnc(Nc2cccc(OC(F)(F)F)c2)o1. The molecule has 0 bridgehead atoms. The Bertz CT molecular complexity index is 583. The molecule has 0 radical (unpaired) electrons. The van der Waals surface area contributed by atoms with E-state index in [1.165, 1.54) is 12.1 Å². The molecule has 9 heteroatoms. The van der Waals surface area contributed by atoms with Crippen LogP contribution in [0.1, 0.15) is 10.7 Å². The maximum Gasteiger partial charge on any atom is 0.573 e. The molecule has 1 heterocycles. The topological polar surface area (TPSA) is 77.2 Å². The molecule has 0 aliphatic carbocycles. The Balaban J connectivity index is 2.12. The van der Waals surface area contributed by atoms with Crippen molar-refractivity contribution in [1.82, 2.24) is 10.2 Å². The van der Waals surface area contributed by atoms with E-state index in [2.05, 4.69) is 20.3 Å². The lowest BCUT2D eigenvalue weighted by atomic mass is 10.3. The van der Waals surface area contributed by atoms with Gasteiger partial charge in [0, 0.05) is 11.8 Å². The Morgan fingerprint density at radius 3 is 2.74 bits per heavy atom. The summed E-state index contributed by atoms with van der Waals surface area (Å²) in [4.78, 5) is 10.3. The fourth-order valence-electron chi connectivity index (χ4n) is 1.23. The molecule has 0 spiro atoms. The van der Waals surface area contributed by atoms with Gasteiger partial charge in [0.15, 0.2) is 0 Å². The van der Waals surface area contributed by atoms with Crippen molar-refractivity contribution in [2.75, 3.05) is 5.32 Å². The molecule has 1 aromatic carbocycles. The number of rotatable bonds is 4. The Morgan fingerprint density at radius 2 is 2.11 bits per heavy atom. The van der Waals surface area contributed by atoms with Crippen LogP contribution >= 0.6 is 0 Å². The van der Waals surface area contributed by atoms with Crippen molar-refractivity contribution in [3.8, 4) is 5.75 Å². The summed E-state index contributed by atoms with van der Waals surface area (Å²) < 4.78 is 44.6. The van der Waals surface area contributed by atoms with E-state index in [1.807, 2.05) is 0 Å². The van der Waals surface area contributed by atoms with Gasteiger partial charge < -0.3 is 14.5 Å². The van der Waals surface area contributed by atoms with Gasteiger partial charge in [-0.15, -0.1) is 18.3 Å². The summed E-state index contributed by atoms with van der Waals surface area (Å²) in [5.41, 5.74) is 0.239. The highest BCUT2D eigenvalue weighted by Gasteiger charge is 2.31. The summed E-state index contributed by atoms with van der Waals surface area (Å²) in [6.45, 7) is 0. The number of aromatic nitrogens is 2. The zero-order valence-electron chi connectivity index (χ0n) is 9.14. The third kappa shape index (κ3) is 3.69. The van der Waals surface area contributed by atoms with Gasteiger partial charge in [-0.3, -0.25) is 4.79 Å². The van der Waals surface area contributed by atoms with Crippen molar-refractivity contribution in [2.45, 2.75) is 6.36 Å². The van der Waals surface area contributed by atoms with Gasteiger partial charge in [-0.2, -0.15) is 0 Å². The number of anilines is 2. The molecule has 6 nitrogen and oxygen atoms in total. The number of ether oxygens (including phenoxy) is 1. The number of nitrogens with zero attached hydrogens (tertiary/aromatic N) is 2. The molecular formula is C10H6F3N3O3. The first-order chi connectivity index (χ1) is 8.96. The van der Waals surface area contributed by atoms with E-state index in [4.69, 9.17) is 4.42 Å². The van der Waals surface area contributed by atoms with Crippen LogP contribution in [-0.2, 0) is 0 Å². The highest BCUT2D eigenvalue weighted by molar-refractivity contribution is 5.67. The van der Waals surface area contributed by atoms with Crippen molar-refractivity contribution in [3.63, 3.8) is 0 Å². The third-order valence-electron chi connectivity index (χ3n) is 1.86. The fourth-order valence-corrected chi connectivity index (χ4v) is 1.23. The van der Waals surface area contributed by atoms with E-state index in [1.54, 1.807) is 0 Å². The lowest BCUT2D eigenvalue weighted by Crippen LogP contribution is -2.17. The predicted octanol–water partition coefficient (Wildman–Crippen LogP) is 2.52. The van der Waals surface area contributed by atoms with E-state index >= 15 is 0 Å². The summed E-state index contributed by atoms with van der Waals surface area (Å²) in [5.74, 6) is -0.641. The van der Waals surface area contributed by atoms with Crippen molar-refractivity contribution in [2.24, 2.45) is 0 Å². The lowest BCUT2D eigenvalue weighted by Gasteiger charge is -2.09. The fraction of sp³-hybridized carbons (Fsp3) is 0.100. The highest BCUT2D eigenvalue weighted by Crippen LogP contribution is 2.26. The number of carbonyl (C=O) groups is 1. The van der Waals surface area contributed by atoms with Crippen LogP contribution in [0.4, 0.5) is 24.9 Å². The average Bonchev–Trinajstić information content (AvgIpc) is 2.75. The second kappa shape index (κ2) is 4.96. The molecular weight excluding hydrogens is 267 g/mol. The molecule has 1 N–H and O–H groups in total. The van der Waals surface area contributed by atoms with E-state index in [9.17, 15) is 18.0 Å². The monoisotopic (exact) mass is 273 g/mol. The molecule has 0 saturated carbocycles. The summed E-state index contributed by atoms with van der Waals surface area (Å²) in [6, 6.07) is 4.93. The molecule has 1 aromatic heterocycles. The highest BCUT2D eigenvalue weighted by atomic mass is 19.4. The summed E-state index contributed by atoms with van der Waals surface area (Å²) >= 11 is 0. The van der Waals surface area contributed by atoms with Crippen LogP contribution < -0.4 is 10.1 Å². The van der Waals surface area contributed by atoms with E-state index in [0.717, 1.165) is 12.1 Å². The van der Waals surface area contributed by atoms with E-state index < -0.39 is 12.1 Å². The zero-order chi connectivity index (χ0) is 13.9. The molecule has 0 saturated heterocycles. The van der Waals surface area contributed by atoms with Crippen molar-refractivity contribution >= 4 is 18.0 Å². The van der Waals surface area contributed by atoms with Gasteiger partial charge in [-0.1, -0.05) is 11.2 Å². The van der Waals surface area contributed by atoms with Crippen molar-refractivity contribution in [1.29, 1.82) is 0 Å². The Morgan fingerprint density at radius 1 is 1.32 bits per heavy atom. The molecule has 2 rings (SSSR count). The van der Waals surface area contributed by atoms with Crippen LogP contribution in [0, 0.1) is 0 Å². The smallest absolute Gasteiger partial charge is 0.406 e. The van der Waals surface area contributed by atoms with Gasteiger partial charge in [0.1, 0.15) is 5.75 Å². The molecule has 0 unspecified atom stereocenters. The maximum absolute atomic E-state index is 12.0. The molecule has 2 aromatic rings. The number of nitrogens with one attached hydrogen (secondary N) is 1. The summed E-state index contributed by atoms with van der Waals surface area (Å²) in [5, 5.41) is 9.36. The summed E-state index contributed by atoms with van der Waals surface area (Å²) in [7, 11) is 0. The van der Waals surface area contributed by atoms with Crippen LogP contribution in [0.5, 0.6) is 5.75 Å². The molecule has 19 heavy (non-hydrogen) atoms. The second-order valence-corrected chi connectivity index (χ2v) is 3.26. The second-order valence-electron chi connectivity index (χ2n) is 3.26. The maximum atomic E-state index is 12.0. The van der Waals surface area contributed by atoms with E-state index in [-0.39, 0.29) is 17.6 Å². The first-order valence-electron chi connectivity index (χ1n) is 4.88. The van der Waals surface area contributed by atoms with Gasteiger partial charge in [0.2, 0.25) is 6.29 Å². The lowest BCUT2D eigenvalue weighted by molar-refractivity contribution is -0.274. The standard InChI is InChI=1S/C10H6F3N3O3/c11-10(12,13)19-7-3-1-2-6(4-7)14-9-16-15-8(5-17)18-9/h1-5H,(H,14,16). The van der Waals surface area contributed by atoms with Gasteiger partial charge in [0.25, 0.3) is 5.89 Å². The first-order valence-corrected chi connectivity index (χ1v) is 4.88. The largest absolute Gasteiger partial charge is 0.573 e. The van der Waals surface area contributed by atoms with Gasteiger partial charge in [-0.25, -0.2) is 0 Å². The van der Waals surface area contributed by atoms with Gasteiger partial charge >= 0.3 is 12.4 Å². The predicted molar refractivity (Wildman–Crippen MR) is 56.1 cm³/mol. The minimum atomic E-state index is -4.77. The molecule has 0 aliphatic heterocycles. The van der Waals surface area contributed by atoms with Gasteiger partial charge in [0.05, 0.1) is 0 Å². The number of carbonyl (C=O) groups excluding carboxylic acids is 1. The normalized spacial score (nSPS) is 11.1. The molecule has 0 fully saturated rings. The van der Waals surface area contributed by atoms with Crippen LogP contribution in [0.15, 0.2) is 28.7 Å². The van der Waals surface area contributed by atoms with Crippen molar-refractivity contribution < 1.29 is 27.1 Å². The third-order valence-corrected chi connectivity index (χ3v) is 1.86. The van der Waals surface area contributed by atoms with Crippen LogP contribution in [0.25, 0.3) is 0 Å². The average molecular weight is 273 g/mol. The Labute approximate surface area is 104 Å². The van der Waals surface area contributed by atoms with Crippen LogP contribution in [0.3, 0.4) is 0 Å². The minimum absolute atomic E-state index is 0.119. The quantitative estimate of drug-likeness (QED) is 0.862. The van der Waals surface area contributed by atoms with Crippen molar-refractivity contribution in [3.05, 3.63) is 30.2 Å².